The molecule has 3 heteroatoms. The summed E-state index contributed by atoms with van der Waals surface area (Å²) in [4.78, 5) is 11.9. The molecule has 17 heavy (non-hydrogen) atoms. The highest BCUT2D eigenvalue weighted by Gasteiger charge is 2.29. The van der Waals surface area contributed by atoms with Gasteiger partial charge in [-0.1, -0.05) is 34.1 Å². The van der Waals surface area contributed by atoms with E-state index in [2.05, 4.69) is 26.1 Å². The molecule has 1 amide bonds. The maximum Gasteiger partial charge on any atom is 0.237 e. The summed E-state index contributed by atoms with van der Waals surface area (Å²) in [6, 6.07) is -0.0134. The summed E-state index contributed by atoms with van der Waals surface area (Å²) in [5, 5.41) is 3.11. The maximum atomic E-state index is 11.9. The van der Waals surface area contributed by atoms with Crippen LogP contribution in [-0.4, -0.2) is 18.0 Å². The van der Waals surface area contributed by atoms with Crippen molar-refractivity contribution in [3.05, 3.63) is 0 Å². The lowest BCUT2D eigenvalue weighted by molar-refractivity contribution is -0.124. The normalized spacial score (nSPS) is 24.1. The van der Waals surface area contributed by atoms with Crippen LogP contribution in [0.15, 0.2) is 0 Å². The van der Waals surface area contributed by atoms with Crippen molar-refractivity contribution in [3.63, 3.8) is 0 Å². The van der Waals surface area contributed by atoms with E-state index >= 15 is 0 Å². The van der Waals surface area contributed by atoms with Crippen LogP contribution in [0.5, 0.6) is 0 Å². The number of amides is 1. The Labute approximate surface area is 106 Å². The summed E-state index contributed by atoms with van der Waals surface area (Å²) in [6.07, 6.45) is 5.51. The first-order chi connectivity index (χ1) is 7.85. The molecule has 0 aliphatic heterocycles. The Bertz CT molecular complexity index is 253. The van der Waals surface area contributed by atoms with Crippen molar-refractivity contribution >= 4 is 5.91 Å². The van der Waals surface area contributed by atoms with Gasteiger partial charge in [-0.25, -0.2) is 0 Å². The summed E-state index contributed by atoms with van der Waals surface area (Å²) >= 11 is 0. The predicted octanol–water partition coefficient (Wildman–Crippen LogP) is 2.44. The standard InChI is InChI=1S/C14H28N2O/c1-5-10(2)12(15)13(17)16-11-6-8-14(3,4)9-7-11/h10-12H,5-9,15H2,1-4H3,(H,16,17). The van der Waals surface area contributed by atoms with Gasteiger partial charge in [0.1, 0.15) is 0 Å². The van der Waals surface area contributed by atoms with Crippen LogP contribution in [0.1, 0.15) is 59.8 Å². The Morgan fingerprint density at radius 1 is 1.41 bits per heavy atom. The number of carbonyl (C=O) groups is 1. The molecule has 100 valence electrons. The zero-order valence-corrected chi connectivity index (χ0v) is 11.8. The molecule has 3 N–H and O–H groups in total. The molecule has 0 aromatic rings. The van der Waals surface area contributed by atoms with Crippen molar-refractivity contribution < 1.29 is 4.79 Å². The third kappa shape index (κ3) is 4.30. The van der Waals surface area contributed by atoms with E-state index in [0.717, 1.165) is 19.3 Å². The molecule has 1 aliphatic carbocycles. The quantitative estimate of drug-likeness (QED) is 0.793. The molecule has 0 aromatic carbocycles. The molecule has 0 bridgehead atoms. The number of nitrogens with two attached hydrogens (primary N) is 1. The summed E-state index contributed by atoms with van der Waals surface area (Å²) in [7, 11) is 0. The number of carbonyl (C=O) groups excluding carboxylic acids is 1. The highest BCUT2D eigenvalue weighted by Crippen LogP contribution is 2.34. The molecule has 0 saturated heterocycles. The topological polar surface area (TPSA) is 55.1 Å². The first kappa shape index (κ1) is 14.5. The maximum absolute atomic E-state index is 11.9. The fourth-order valence-corrected chi connectivity index (χ4v) is 2.35. The molecule has 1 fully saturated rings. The highest BCUT2D eigenvalue weighted by molar-refractivity contribution is 5.82. The molecule has 1 rings (SSSR count). The van der Waals surface area contributed by atoms with Crippen LogP contribution in [0.25, 0.3) is 0 Å². The van der Waals surface area contributed by atoms with E-state index in [4.69, 9.17) is 5.73 Å². The van der Waals surface area contributed by atoms with Gasteiger partial charge in [-0.15, -0.1) is 0 Å². The van der Waals surface area contributed by atoms with E-state index in [1.54, 1.807) is 0 Å². The van der Waals surface area contributed by atoms with Gasteiger partial charge in [-0.05, 0) is 37.0 Å². The van der Waals surface area contributed by atoms with Crippen LogP contribution < -0.4 is 11.1 Å². The first-order valence-corrected chi connectivity index (χ1v) is 6.91. The van der Waals surface area contributed by atoms with Gasteiger partial charge in [0.15, 0.2) is 0 Å². The minimum absolute atomic E-state index is 0.0315. The van der Waals surface area contributed by atoms with E-state index in [1.165, 1.54) is 12.8 Å². The Morgan fingerprint density at radius 2 is 1.94 bits per heavy atom. The van der Waals surface area contributed by atoms with Crippen molar-refractivity contribution in [1.29, 1.82) is 0 Å². The molecular weight excluding hydrogens is 212 g/mol. The molecule has 2 atom stereocenters. The first-order valence-electron chi connectivity index (χ1n) is 6.91. The van der Waals surface area contributed by atoms with Gasteiger partial charge in [0.25, 0.3) is 0 Å². The molecule has 0 heterocycles. The SMILES string of the molecule is CCC(C)C(N)C(=O)NC1CCC(C)(C)CC1. The van der Waals surface area contributed by atoms with Crippen LogP contribution in [0, 0.1) is 11.3 Å². The van der Waals surface area contributed by atoms with Gasteiger partial charge in [-0.2, -0.15) is 0 Å². The van der Waals surface area contributed by atoms with Crippen LogP contribution in [0.2, 0.25) is 0 Å². The average molecular weight is 240 g/mol. The Hall–Kier alpha value is -0.570. The molecule has 1 aliphatic rings. The zero-order chi connectivity index (χ0) is 13.1. The number of hydrogen-bond acceptors (Lipinski definition) is 2. The smallest absolute Gasteiger partial charge is 0.237 e. The van der Waals surface area contributed by atoms with E-state index in [-0.39, 0.29) is 17.9 Å². The van der Waals surface area contributed by atoms with Crippen molar-refractivity contribution in [2.24, 2.45) is 17.1 Å². The van der Waals surface area contributed by atoms with Crippen LogP contribution >= 0.6 is 0 Å². The fraction of sp³-hybridized carbons (Fsp3) is 0.929. The van der Waals surface area contributed by atoms with Crippen molar-refractivity contribution in [2.75, 3.05) is 0 Å². The summed E-state index contributed by atoms with van der Waals surface area (Å²) < 4.78 is 0. The van der Waals surface area contributed by atoms with E-state index in [1.807, 2.05) is 6.92 Å². The molecule has 0 spiro atoms. The summed E-state index contributed by atoms with van der Waals surface area (Å²) in [6.45, 7) is 8.71. The monoisotopic (exact) mass is 240 g/mol. The highest BCUT2D eigenvalue weighted by atomic mass is 16.2. The number of nitrogens with one attached hydrogen (secondary N) is 1. The molecule has 2 unspecified atom stereocenters. The third-order valence-corrected chi connectivity index (χ3v) is 4.25. The summed E-state index contributed by atoms with van der Waals surface area (Å²) in [5.41, 5.74) is 6.37. The molecule has 0 aromatic heterocycles. The molecule has 3 nitrogen and oxygen atoms in total. The largest absolute Gasteiger partial charge is 0.352 e. The van der Waals surface area contributed by atoms with E-state index < -0.39 is 0 Å². The van der Waals surface area contributed by atoms with Gasteiger partial charge in [0.05, 0.1) is 6.04 Å². The molecule has 0 radical (unpaired) electrons. The lowest BCUT2D eigenvalue weighted by atomic mass is 9.75. The fourth-order valence-electron chi connectivity index (χ4n) is 2.35. The Balaban J connectivity index is 2.38. The third-order valence-electron chi connectivity index (χ3n) is 4.25. The van der Waals surface area contributed by atoms with Gasteiger partial charge in [-0.3, -0.25) is 4.79 Å². The van der Waals surface area contributed by atoms with Crippen LogP contribution in [-0.2, 0) is 4.79 Å². The van der Waals surface area contributed by atoms with Gasteiger partial charge >= 0.3 is 0 Å². The Kier molecular flexibility index (Phi) is 4.99. The Morgan fingerprint density at radius 3 is 2.41 bits per heavy atom. The van der Waals surface area contributed by atoms with E-state index in [0.29, 0.717) is 11.5 Å². The predicted molar refractivity (Wildman–Crippen MR) is 71.6 cm³/mol. The average Bonchev–Trinajstić information content (AvgIpc) is 2.29. The zero-order valence-electron chi connectivity index (χ0n) is 11.8. The van der Waals surface area contributed by atoms with Gasteiger partial charge in [0.2, 0.25) is 5.91 Å². The van der Waals surface area contributed by atoms with Gasteiger partial charge in [0, 0.05) is 6.04 Å². The van der Waals surface area contributed by atoms with E-state index in [9.17, 15) is 4.79 Å². The second-order valence-corrected chi connectivity index (χ2v) is 6.36. The molecular formula is C14H28N2O. The minimum Gasteiger partial charge on any atom is -0.352 e. The summed E-state index contributed by atoms with van der Waals surface area (Å²) in [5.74, 6) is 0.291. The van der Waals surface area contributed by atoms with Crippen molar-refractivity contribution in [1.82, 2.24) is 5.32 Å². The molecule has 1 saturated carbocycles. The van der Waals surface area contributed by atoms with Crippen molar-refractivity contribution in [2.45, 2.75) is 71.9 Å². The number of hydrogen-bond donors (Lipinski definition) is 2. The number of rotatable bonds is 4. The lowest BCUT2D eigenvalue weighted by Crippen LogP contribution is -2.49. The van der Waals surface area contributed by atoms with Gasteiger partial charge < -0.3 is 11.1 Å². The second-order valence-electron chi connectivity index (χ2n) is 6.36. The van der Waals surface area contributed by atoms with Crippen molar-refractivity contribution in [3.8, 4) is 0 Å². The lowest BCUT2D eigenvalue weighted by Gasteiger charge is -2.35. The minimum atomic E-state index is -0.352. The second kappa shape index (κ2) is 5.85. The van der Waals surface area contributed by atoms with Crippen LogP contribution in [0.3, 0.4) is 0 Å². The van der Waals surface area contributed by atoms with Crippen LogP contribution in [0.4, 0.5) is 0 Å².